The number of epoxide rings is 1. The number of hydrogen-bond acceptors (Lipinski definition) is 5. The van der Waals surface area contributed by atoms with Crippen LogP contribution in [0.15, 0.2) is 54.9 Å². The highest BCUT2D eigenvalue weighted by Gasteiger charge is 2.23. The monoisotopic (exact) mass is 347 g/mol. The van der Waals surface area contributed by atoms with Crippen molar-refractivity contribution >= 4 is 11.6 Å². The van der Waals surface area contributed by atoms with Gasteiger partial charge in [0.2, 0.25) is 0 Å². The number of ether oxygens (including phenoxy) is 2. The number of rotatable bonds is 6. The van der Waals surface area contributed by atoms with Crippen molar-refractivity contribution in [3.8, 4) is 16.9 Å². The van der Waals surface area contributed by atoms with Crippen molar-refractivity contribution in [2.75, 3.05) is 18.5 Å². The Morgan fingerprint density at radius 2 is 1.92 bits per heavy atom. The van der Waals surface area contributed by atoms with E-state index in [4.69, 9.17) is 9.47 Å². The SMILES string of the molecule is Cc1cccnc1Nc1nccc(-c2cccc(OCC3CO3)c2)c1C. The zero-order chi connectivity index (χ0) is 17.9. The molecule has 5 nitrogen and oxygen atoms in total. The fraction of sp³-hybridized carbons (Fsp3) is 0.238. The molecule has 0 radical (unpaired) electrons. The lowest BCUT2D eigenvalue weighted by Gasteiger charge is -2.14. The van der Waals surface area contributed by atoms with Crippen LogP contribution < -0.4 is 10.1 Å². The molecule has 0 spiro atoms. The first-order chi connectivity index (χ1) is 12.7. The van der Waals surface area contributed by atoms with Gasteiger partial charge in [0.25, 0.3) is 0 Å². The summed E-state index contributed by atoms with van der Waals surface area (Å²) in [6, 6.07) is 14.1. The normalized spacial score (nSPS) is 15.5. The third-order valence-electron chi connectivity index (χ3n) is 4.43. The number of nitrogens with zero attached hydrogens (tertiary/aromatic N) is 2. The molecule has 0 amide bonds. The number of benzene rings is 1. The highest BCUT2D eigenvalue weighted by Crippen LogP contribution is 2.31. The summed E-state index contributed by atoms with van der Waals surface area (Å²) in [5.41, 5.74) is 4.36. The number of hydrogen-bond donors (Lipinski definition) is 1. The number of nitrogens with one attached hydrogen (secondary N) is 1. The van der Waals surface area contributed by atoms with Crippen LogP contribution in [0, 0.1) is 13.8 Å². The first kappa shape index (κ1) is 16.5. The van der Waals surface area contributed by atoms with Crippen molar-refractivity contribution < 1.29 is 9.47 Å². The molecular formula is C21H21N3O2. The zero-order valence-corrected chi connectivity index (χ0v) is 14.9. The minimum atomic E-state index is 0.249. The van der Waals surface area contributed by atoms with Crippen LogP contribution in [0.2, 0.25) is 0 Å². The molecule has 5 heteroatoms. The molecule has 3 aromatic rings. The van der Waals surface area contributed by atoms with E-state index < -0.39 is 0 Å². The number of aromatic nitrogens is 2. The third-order valence-corrected chi connectivity index (χ3v) is 4.43. The van der Waals surface area contributed by atoms with Gasteiger partial charge in [0.05, 0.1) is 6.61 Å². The van der Waals surface area contributed by atoms with Crippen LogP contribution in [0.3, 0.4) is 0 Å². The predicted molar refractivity (Wildman–Crippen MR) is 102 cm³/mol. The summed E-state index contributed by atoms with van der Waals surface area (Å²) in [6.07, 6.45) is 3.84. The fourth-order valence-electron chi connectivity index (χ4n) is 2.81. The van der Waals surface area contributed by atoms with Gasteiger partial charge in [0, 0.05) is 12.4 Å². The van der Waals surface area contributed by atoms with Gasteiger partial charge in [-0.25, -0.2) is 9.97 Å². The molecule has 3 heterocycles. The number of aryl methyl sites for hydroxylation is 1. The summed E-state index contributed by atoms with van der Waals surface area (Å²) < 4.78 is 11.0. The van der Waals surface area contributed by atoms with Crippen LogP contribution >= 0.6 is 0 Å². The molecule has 2 aromatic heterocycles. The second kappa shape index (κ2) is 7.14. The second-order valence-corrected chi connectivity index (χ2v) is 6.42. The molecule has 1 atom stereocenters. The van der Waals surface area contributed by atoms with E-state index in [9.17, 15) is 0 Å². The highest BCUT2D eigenvalue weighted by atomic mass is 16.6. The van der Waals surface area contributed by atoms with Crippen LogP contribution in [-0.2, 0) is 4.74 Å². The number of pyridine rings is 2. The Hall–Kier alpha value is -2.92. The molecule has 1 aliphatic rings. The van der Waals surface area contributed by atoms with Gasteiger partial charge in [0.15, 0.2) is 0 Å². The summed E-state index contributed by atoms with van der Waals surface area (Å²) >= 11 is 0. The van der Waals surface area contributed by atoms with Crippen molar-refractivity contribution in [2.24, 2.45) is 0 Å². The van der Waals surface area contributed by atoms with E-state index >= 15 is 0 Å². The minimum Gasteiger partial charge on any atom is -0.491 e. The molecule has 0 aliphatic carbocycles. The molecule has 0 bridgehead atoms. The lowest BCUT2D eigenvalue weighted by molar-refractivity contribution is 0.263. The van der Waals surface area contributed by atoms with Crippen molar-refractivity contribution in [3.05, 3.63) is 66.0 Å². The van der Waals surface area contributed by atoms with Gasteiger partial charge < -0.3 is 14.8 Å². The smallest absolute Gasteiger partial charge is 0.135 e. The molecule has 1 aromatic carbocycles. The summed E-state index contributed by atoms with van der Waals surface area (Å²) in [4.78, 5) is 8.89. The van der Waals surface area contributed by atoms with Gasteiger partial charge in [-0.2, -0.15) is 0 Å². The summed E-state index contributed by atoms with van der Waals surface area (Å²) in [6.45, 7) is 5.49. The van der Waals surface area contributed by atoms with Gasteiger partial charge in [-0.3, -0.25) is 0 Å². The molecule has 1 aliphatic heterocycles. The average molecular weight is 347 g/mol. The fourth-order valence-corrected chi connectivity index (χ4v) is 2.81. The van der Waals surface area contributed by atoms with E-state index in [2.05, 4.69) is 34.3 Å². The maximum absolute atomic E-state index is 5.81. The first-order valence-corrected chi connectivity index (χ1v) is 8.70. The van der Waals surface area contributed by atoms with E-state index in [1.54, 1.807) is 6.20 Å². The van der Waals surface area contributed by atoms with Gasteiger partial charge >= 0.3 is 0 Å². The summed E-state index contributed by atoms with van der Waals surface area (Å²) in [5, 5.41) is 3.34. The van der Waals surface area contributed by atoms with Crippen molar-refractivity contribution in [2.45, 2.75) is 20.0 Å². The Morgan fingerprint density at radius 1 is 1.08 bits per heavy atom. The van der Waals surface area contributed by atoms with Crippen LogP contribution in [-0.4, -0.2) is 29.3 Å². The van der Waals surface area contributed by atoms with Gasteiger partial charge in [-0.1, -0.05) is 18.2 Å². The van der Waals surface area contributed by atoms with E-state index in [-0.39, 0.29) is 6.10 Å². The van der Waals surface area contributed by atoms with Crippen molar-refractivity contribution in [1.29, 1.82) is 0 Å². The Balaban J connectivity index is 1.61. The quantitative estimate of drug-likeness (QED) is 0.674. The zero-order valence-electron chi connectivity index (χ0n) is 14.9. The van der Waals surface area contributed by atoms with Gasteiger partial charge in [-0.15, -0.1) is 0 Å². The average Bonchev–Trinajstić information content (AvgIpc) is 3.48. The standard InChI is InChI=1S/C21H21N3O2/c1-14-5-4-9-22-20(14)24-21-15(2)19(8-10-23-21)16-6-3-7-17(11-16)25-12-18-13-26-18/h3-11,18H,12-13H2,1-2H3,(H,22,23,24). The minimum absolute atomic E-state index is 0.249. The topological polar surface area (TPSA) is 59.6 Å². The van der Waals surface area contributed by atoms with Crippen LogP contribution in [0.25, 0.3) is 11.1 Å². The van der Waals surface area contributed by atoms with Crippen LogP contribution in [0.1, 0.15) is 11.1 Å². The Bertz CT molecular complexity index is 923. The van der Waals surface area contributed by atoms with E-state index in [0.717, 1.165) is 46.2 Å². The molecule has 26 heavy (non-hydrogen) atoms. The molecule has 0 saturated carbocycles. The van der Waals surface area contributed by atoms with E-state index in [0.29, 0.717) is 6.61 Å². The maximum Gasteiger partial charge on any atom is 0.135 e. The molecular weight excluding hydrogens is 326 g/mol. The maximum atomic E-state index is 5.81. The first-order valence-electron chi connectivity index (χ1n) is 8.70. The Kier molecular flexibility index (Phi) is 4.54. The molecule has 1 fully saturated rings. The van der Waals surface area contributed by atoms with Crippen LogP contribution in [0.5, 0.6) is 5.75 Å². The lowest BCUT2D eigenvalue weighted by atomic mass is 10.0. The number of anilines is 2. The third kappa shape index (κ3) is 3.68. The largest absolute Gasteiger partial charge is 0.491 e. The van der Waals surface area contributed by atoms with E-state index in [1.165, 1.54) is 0 Å². The Labute approximate surface area is 153 Å². The summed E-state index contributed by atoms with van der Waals surface area (Å²) in [5.74, 6) is 2.48. The summed E-state index contributed by atoms with van der Waals surface area (Å²) in [7, 11) is 0. The molecule has 132 valence electrons. The van der Waals surface area contributed by atoms with Gasteiger partial charge in [0.1, 0.15) is 30.1 Å². The molecule has 4 rings (SSSR count). The van der Waals surface area contributed by atoms with Gasteiger partial charge in [-0.05, 0) is 60.4 Å². The lowest BCUT2D eigenvalue weighted by Crippen LogP contribution is -2.04. The predicted octanol–water partition coefficient (Wildman–Crippen LogP) is 4.28. The second-order valence-electron chi connectivity index (χ2n) is 6.42. The Morgan fingerprint density at radius 3 is 2.73 bits per heavy atom. The van der Waals surface area contributed by atoms with Crippen LogP contribution in [0.4, 0.5) is 11.6 Å². The highest BCUT2D eigenvalue weighted by molar-refractivity contribution is 5.74. The van der Waals surface area contributed by atoms with Crippen molar-refractivity contribution in [3.63, 3.8) is 0 Å². The van der Waals surface area contributed by atoms with E-state index in [1.807, 2.05) is 43.5 Å². The molecule has 1 unspecified atom stereocenters. The molecule has 1 N–H and O–H groups in total. The van der Waals surface area contributed by atoms with Crippen molar-refractivity contribution in [1.82, 2.24) is 9.97 Å². The molecule has 1 saturated heterocycles.